The van der Waals surface area contributed by atoms with Crippen LogP contribution in [0.2, 0.25) is 0 Å². The molecule has 3 aromatic heterocycles. The van der Waals surface area contributed by atoms with E-state index in [0.717, 1.165) is 0 Å². The second-order valence-corrected chi connectivity index (χ2v) is 3.56. The summed E-state index contributed by atoms with van der Waals surface area (Å²) in [7, 11) is 0. The van der Waals surface area contributed by atoms with Gasteiger partial charge in [-0.25, -0.2) is 19.3 Å². The maximum atomic E-state index is 11.0. The van der Waals surface area contributed by atoms with Crippen molar-refractivity contribution < 1.29 is 9.90 Å². The molecule has 0 aromatic carbocycles. The molecule has 0 saturated heterocycles. The van der Waals surface area contributed by atoms with Gasteiger partial charge >= 0.3 is 5.97 Å². The van der Waals surface area contributed by atoms with Crippen molar-refractivity contribution >= 4 is 22.5 Å². The zero-order chi connectivity index (χ0) is 12.7. The minimum Gasteiger partial charge on any atom is -0.476 e. The molecule has 0 aliphatic rings. The van der Waals surface area contributed by atoms with Crippen molar-refractivity contribution in [2.75, 3.05) is 0 Å². The molecule has 3 rings (SSSR count). The maximum Gasteiger partial charge on any atom is 0.355 e. The molecular weight excluding hydrogens is 234 g/mol. The second-order valence-electron chi connectivity index (χ2n) is 3.56. The smallest absolute Gasteiger partial charge is 0.355 e. The number of fused-ring (bicyclic) bond motifs is 3. The van der Waals surface area contributed by atoms with Gasteiger partial charge in [0.2, 0.25) is 0 Å². The fourth-order valence-corrected chi connectivity index (χ4v) is 1.79. The van der Waals surface area contributed by atoms with E-state index in [4.69, 9.17) is 10.4 Å². The van der Waals surface area contributed by atoms with Gasteiger partial charge in [0.05, 0.1) is 17.1 Å². The first-order valence-corrected chi connectivity index (χ1v) is 4.97. The van der Waals surface area contributed by atoms with E-state index in [1.165, 1.54) is 23.1 Å². The van der Waals surface area contributed by atoms with E-state index >= 15 is 0 Å². The summed E-state index contributed by atoms with van der Waals surface area (Å²) in [6.45, 7) is 0. The topological polar surface area (TPSA) is 104 Å². The number of nitrogens with zero attached hydrogens (tertiary/aromatic N) is 5. The molecule has 86 valence electrons. The van der Waals surface area contributed by atoms with Crippen LogP contribution in [0.3, 0.4) is 0 Å². The lowest BCUT2D eigenvalue weighted by Crippen LogP contribution is -2.03. The minimum absolute atomic E-state index is 0.0871. The quantitative estimate of drug-likeness (QED) is 0.674. The fraction of sp³-hybridized carbons (Fsp3) is 0. The highest BCUT2D eigenvalue weighted by Crippen LogP contribution is 2.18. The summed E-state index contributed by atoms with van der Waals surface area (Å²) in [4.78, 5) is 18.9. The molecule has 0 bridgehead atoms. The van der Waals surface area contributed by atoms with Crippen molar-refractivity contribution in [2.45, 2.75) is 0 Å². The number of rotatable bonds is 1. The number of nitriles is 1. The highest BCUT2D eigenvalue weighted by molar-refractivity contribution is 6.00. The Bertz CT molecular complexity index is 830. The molecule has 0 spiro atoms. The third-order valence-electron chi connectivity index (χ3n) is 2.58. The number of aromatic carboxylic acids is 1. The highest BCUT2D eigenvalue weighted by atomic mass is 16.4. The Morgan fingerprint density at radius 2 is 2.22 bits per heavy atom. The molecule has 0 saturated carbocycles. The average molecular weight is 239 g/mol. The molecular formula is C11H5N5O2. The van der Waals surface area contributed by atoms with Crippen molar-refractivity contribution in [3.63, 3.8) is 0 Å². The monoisotopic (exact) mass is 239 g/mol. The summed E-state index contributed by atoms with van der Waals surface area (Å²) >= 11 is 0. The molecule has 0 aliphatic heterocycles. The van der Waals surface area contributed by atoms with Crippen LogP contribution in [0.1, 0.15) is 16.1 Å². The minimum atomic E-state index is -1.13. The van der Waals surface area contributed by atoms with E-state index in [0.29, 0.717) is 22.1 Å². The molecule has 0 unspecified atom stereocenters. The summed E-state index contributed by atoms with van der Waals surface area (Å²) in [5.74, 6) is -1.13. The van der Waals surface area contributed by atoms with Crippen molar-refractivity contribution in [2.24, 2.45) is 0 Å². The van der Waals surface area contributed by atoms with Crippen LogP contribution in [0.5, 0.6) is 0 Å². The zero-order valence-electron chi connectivity index (χ0n) is 8.90. The van der Waals surface area contributed by atoms with Crippen LogP contribution in [0.15, 0.2) is 24.7 Å². The highest BCUT2D eigenvalue weighted by Gasteiger charge is 2.14. The van der Waals surface area contributed by atoms with Gasteiger partial charge < -0.3 is 5.11 Å². The molecule has 7 nitrogen and oxygen atoms in total. The predicted octanol–water partition coefficient (Wildman–Crippen LogP) is 0.847. The largest absolute Gasteiger partial charge is 0.476 e. The number of carboxylic acids is 1. The van der Waals surface area contributed by atoms with E-state index in [2.05, 4.69) is 15.1 Å². The van der Waals surface area contributed by atoms with E-state index in [-0.39, 0.29) is 5.69 Å². The number of pyridine rings is 1. The van der Waals surface area contributed by atoms with Gasteiger partial charge in [0.1, 0.15) is 11.6 Å². The second kappa shape index (κ2) is 3.49. The molecule has 7 heteroatoms. The van der Waals surface area contributed by atoms with Crippen molar-refractivity contribution in [1.29, 1.82) is 5.26 Å². The Morgan fingerprint density at radius 3 is 2.94 bits per heavy atom. The summed E-state index contributed by atoms with van der Waals surface area (Å²) in [6.07, 6.45) is 4.17. The van der Waals surface area contributed by atoms with Gasteiger partial charge in [-0.05, 0) is 6.07 Å². The number of aromatic nitrogens is 4. The lowest BCUT2D eigenvalue weighted by Gasteiger charge is -2.02. The predicted molar refractivity (Wildman–Crippen MR) is 60.0 cm³/mol. The molecule has 3 heterocycles. The fourth-order valence-electron chi connectivity index (χ4n) is 1.79. The third-order valence-corrected chi connectivity index (χ3v) is 2.58. The van der Waals surface area contributed by atoms with Gasteiger partial charge in [0.25, 0.3) is 0 Å². The first-order valence-electron chi connectivity index (χ1n) is 4.97. The standard InChI is InChI=1S/C11H5N5O2/c12-3-6-4-15-16-8-1-2-13-9(11(17)18)7(8)5-14-10(6)16/h1-2,4-5H,(H,17,18). The van der Waals surface area contributed by atoms with E-state index < -0.39 is 5.97 Å². The number of hydrogen-bond acceptors (Lipinski definition) is 5. The van der Waals surface area contributed by atoms with Gasteiger partial charge in [0, 0.05) is 12.4 Å². The van der Waals surface area contributed by atoms with Gasteiger partial charge in [0.15, 0.2) is 11.3 Å². The third kappa shape index (κ3) is 1.23. The van der Waals surface area contributed by atoms with Crippen LogP contribution in [0, 0.1) is 11.3 Å². The normalized spacial score (nSPS) is 10.6. The van der Waals surface area contributed by atoms with Crippen molar-refractivity contribution in [3.05, 3.63) is 35.9 Å². The van der Waals surface area contributed by atoms with Gasteiger partial charge in [-0.2, -0.15) is 10.4 Å². The van der Waals surface area contributed by atoms with Crippen LogP contribution in [0.4, 0.5) is 0 Å². The molecule has 18 heavy (non-hydrogen) atoms. The molecule has 0 amide bonds. The Kier molecular flexibility index (Phi) is 1.97. The summed E-state index contributed by atoms with van der Waals surface area (Å²) < 4.78 is 1.43. The Labute approximate surface area is 99.9 Å². The van der Waals surface area contributed by atoms with Crippen LogP contribution in [-0.4, -0.2) is 30.7 Å². The first kappa shape index (κ1) is 10.2. The van der Waals surface area contributed by atoms with E-state index in [1.54, 1.807) is 6.07 Å². The molecule has 0 atom stereocenters. The average Bonchev–Trinajstić information content (AvgIpc) is 2.81. The SMILES string of the molecule is N#Cc1cnn2c1ncc1c(C(=O)O)nccc12. The van der Waals surface area contributed by atoms with Gasteiger partial charge in [-0.15, -0.1) is 0 Å². The van der Waals surface area contributed by atoms with Crippen LogP contribution < -0.4 is 0 Å². The Balaban J connectivity index is 2.50. The number of carbonyl (C=O) groups is 1. The maximum absolute atomic E-state index is 11.0. The van der Waals surface area contributed by atoms with Crippen molar-refractivity contribution in [1.82, 2.24) is 19.6 Å². The van der Waals surface area contributed by atoms with E-state index in [1.807, 2.05) is 6.07 Å². The summed E-state index contributed by atoms with van der Waals surface area (Å²) in [5.41, 5.74) is 1.20. The molecule has 0 aliphatic carbocycles. The van der Waals surface area contributed by atoms with Crippen LogP contribution in [-0.2, 0) is 0 Å². The number of carboxylic acid groups (broad SMARTS) is 1. The van der Waals surface area contributed by atoms with Crippen LogP contribution in [0.25, 0.3) is 16.6 Å². The Morgan fingerprint density at radius 1 is 1.39 bits per heavy atom. The lowest BCUT2D eigenvalue weighted by molar-refractivity contribution is 0.0693. The number of hydrogen-bond donors (Lipinski definition) is 1. The molecule has 0 radical (unpaired) electrons. The zero-order valence-corrected chi connectivity index (χ0v) is 8.90. The van der Waals surface area contributed by atoms with Crippen LogP contribution >= 0.6 is 0 Å². The summed E-state index contributed by atoms with van der Waals surface area (Å²) in [6, 6.07) is 3.60. The molecule has 1 N–H and O–H groups in total. The lowest BCUT2D eigenvalue weighted by atomic mass is 10.2. The van der Waals surface area contributed by atoms with E-state index in [9.17, 15) is 4.79 Å². The first-order chi connectivity index (χ1) is 8.72. The summed E-state index contributed by atoms with van der Waals surface area (Å²) in [5, 5.41) is 22.3. The Hall–Kier alpha value is -3.01. The molecule has 0 fully saturated rings. The van der Waals surface area contributed by atoms with Gasteiger partial charge in [-0.1, -0.05) is 0 Å². The van der Waals surface area contributed by atoms with Gasteiger partial charge in [-0.3, -0.25) is 0 Å². The molecule has 3 aromatic rings. The van der Waals surface area contributed by atoms with Crippen molar-refractivity contribution in [3.8, 4) is 6.07 Å².